The van der Waals surface area contributed by atoms with Crippen LogP contribution in [0.3, 0.4) is 0 Å². The monoisotopic (exact) mass is 451 g/mol. The van der Waals surface area contributed by atoms with Crippen LogP contribution in [-0.4, -0.2) is 22.8 Å². The van der Waals surface area contributed by atoms with Crippen LogP contribution in [0.1, 0.15) is 11.3 Å². The fourth-order valence-corrected chi connectivity index (χ4v) is 3.46. The van der Waals surface area contributed by atoms with Gasteiger partial charge >= 0.3 is 6.03 Å². The van der Waals surface area contributed by atoms with E-state index in [1.54, 1.807) is 24.3 Å². The summed E-state index contributed by atoms with van der Waals surface area (Å²) in [5.74, 6) is -1.20. The van der Waals surface area contributed by atoms with Gasteiger partial charge < -0.3 is 4.42 Å². The normalized spacial score (nSPS) is 15.2. The van der Waals surface area contributed by atoms with Crippen molar-refractivity contribution >= 4 is 46.9 Å². The van der Waals surface area contributed by atoms with Gasteiger partial charge in [0.2, 0.25) is 0 Å². The Bertz CT molecular complexity index is 1330. The lowest BCUT2D eigenvalue weighted by Gasteiger charge is -2.26. The lowest BCUT2D eigenvalue weighted by molar-refractivity contribution is -0.384. The molecule has 4 amide bonds. The number of aryl methyl sites for hydroxylation is 1. The van der Waals surface area contributed by atoms with Gasteiger partial charge in [0.1, 0.15) is 17.1 Å². The number of anilines is 1. The maximum atomic E-state index is 12.9. The summed E-state index contributed by atoms with van der Waals surface area (Å²) in [5, 5.41) is 13.1. The first kappa shape index (κ1) is 21.0. The van der Waals surface area contributed by atoms with Crippen LogP contribution in [0.2, 0.25) is 5.02 Å². The Morgan fingerprint density at radius 3 is 2.56 bits per heavy atom. The maximum absolute atomic E-state index is 12.9. The molecule has 0 atom stereocenters. The molecular weight excluding hydrogens is 438 g/mol. The molecule has 9 nitrogen and oxygen atoms in total. The quantitative estimate of drug-likeness (QED) is 0.270. The number of hydrogen-bond donors (Lipinski definition) is 1. The number of amides is 4. The molecule has 0 saturated carbocycles. The fraction of sp³-hybridized carbons (Fsp3) is 0.0455. The van der Waals surface area contributed by atoms with E-state index in [2.05, 4.69) is 5.32 Å². The molecule has 1 saturated heterocycles. The van der Waals surface area contributed by atoms with Crippen molar-refractivity contribution in [3.63, 3.8) is 0 Å². The minimum atomic E-state index is -0.852. The van der Waals surface area contributed by atoms with Gasteiger partial charge in [-0.15, -0.1) is 0 Å². The number of carbonyl (C=O) groups excluding carboxylic acids is 3. The Labute approximate surface area is 186 Å². The average molecular weight is 452 g/mol. The first-order valence-electron chi connectivity index (χ1n) is 9.27. The van der Waals surface area contributed by atoms with E-state index in [0.717, 1.165) is 10.5 Å². The number of non-ortho nitro benzene ring substituents is 1. The van der Waals surface area contributed by atoms with Crippen molar-refractivity contribution in [2.75, 3.05) is 4.90 Å². The number of hydrogen-bond acceptors (Lipinski definition) is 6. The second-order valence-corrected chi connectivity index (χ2v) is 7.33. The SMILES string of the molecule is Cc1cccc(N2C(=O)NC(=O)C(=Cc3ccc(-c4ccc([N+](=O)[O-])cc4Cl)o3)C2=O)c1. The fourth-order valence-electron chi connectivity index (χ4n) is 3.19. The highest BCUT2D eigenvalue weighted by Gasteiger charge is 2.37. The predicted molar refractivity (Wildman–Crippen MR) is 116 cm³/mol. The van der Waals surface area contributed by atoms with Gasteiger partial charge in [0.15, 0.2) is 0 Å². The molecule has 1 fully saturated rings. The third kappa shape index (κ3) is 3.88. The molecule has 32 heavy (non-hydrogen) atoms. The van der Waals surface area contributed by atoms with Crippen LogP contribution in [0.5, 0.6) is 0 Å². The highest BCUT2D eigenvalue weighted by Crippen LogP contribution is 2.33. The van der Waals surface area contributed by atoms with Gasteiger partial charge in [0.05, 0.1) is 15.6 Å². The summed E-state index contributed by atoms with van der Waals surface area (Å²) < 4.78 is 5.67. The number of nitro benzene ring substituents is 1. The molecule has 2 aromatic carbocycles. The molecule has 0 bridgehead atoms. The number of benzene rings is 2. The van der Waals surface area contributed by atoms with E-state index in [9.17, 15) is 24.5 Å². The molecule has 1 N–H and O–H groups in total. The number of nitrogens with one attached hydrogen (secondary N) is 1. The van der Waals surface area contributed by atoms with Crippen LogP contribution in [0, 0.1) is 17.0 Å². The molecule has 10 heteroatoms. The van der Waals surface area contributed by atoms with E-state index in [1.165, 1.54) is 30.3 Å². The topological polar surface area (TPSA) is 123 Å². The Morgan fingerprint density at radius 1 is 1.09 bits per heavy atom. The molecule has 160 valence electrons. The van der Waals surface area contributed by atoms with E-state index in [4.69, 9.17) is 16.0 Å². The summed E-state index contributed by atoms with van der Waals surface area (Å²) >= 11 is 6.13. The number of nitrogens with zero attached hydrogens (tertiary/aromatic N) is 2. The van der Waals surface area contributed by atoms with Crippen LogP contribution in [0.4, 0.5) is 16.2 Å². The molecule has 1 aliphatic rings. The van der Waals surface area contributed by atoms with E-state index in [1.807, 2.05) is 13.0 Å². The van der Waals surface area contributed by atoms with Crippen LogP contribution >= 0.6 is 11.6 Å². The van der Waals surface area contributed by atoms with Crippen molar-refractivity contribution in [3.8, 4) is 11.3 Å². The van der Waals surface area contributed by atoms with Crippen molar-refractivity contribution in [1.29, 1.82) is 0 Å². The van der Waals surface area contributed by atoms with Crippen molar-refractivity contribution in [1.82, 2.24) is 5.32 Å². The highest BCUT2D eigenvalue weighted by atomic mass is 35.5. The molecule has 0 radical (unpaired) electrons. The Balaban J connectivity index is 1.67. The van der Waals surface area contributed by atoms with Crippen molar-refractivity contribution < 1.29 is 23.7 Å². The third-order valence-electron chi connectivity index (χ3n) is 4.70. The van der Waals surface area contributed by atoms with E-state index >= 15 is 0 Å². The molecule has 1 aromatic heterocycles. The second-order valence-electron chi connectivity index (χ2n) is 6.92. The van der Waals surface area contributed by atoms with Crippen LogP contribution in [0.25, 0.3) is 17.4 Å². The number of rotatable bonds is 4. The van der Waals surface area contributed by atoms with Gasteiger partial charge in [0.25, 0.3) is 17.5 Å². The Morgan fingerprint density at radius 2 is 1.88 bits per heavy atom. The summed E-state index contributed by atoms with van der Waals surface area (Å²) in [5.41, 5.74) is 1.10. The number of carbonyl (C=O) groups is 3. The van der Waals surface area contributed by atoms with E-state index < -0.39 is 22.8 Å². The van der Waals surface area contributed by atoms with Crippen molar-refractivity contribution in [3.05, 3.63) is 86.6 Å². The Hall–Kier alpha value is -4.24. The summed E-state index contributed by atoms with van der Waals surface area (Å²) in [6, 6.07) is 12.9. The third-order valence-corrected chi connectivity index (χ3v) is 5.02. The highest BCUT2D eigenvalue weighted by molar-refractivity contribution is 6.39. The maximum Gasteiger partial charge on any atom is 0.335 e. The lowest BCUT2D eigenvalue weighted by atomic mass is 10.1. The summed E-state index contributed by atoms with van der Waals surface area (Å²) in [7, 11) is 0. The van der Waals surface area contributed by atoms with Crippen LogP contribution < -0.4 is 10.2 Å². The minimum Gasteiger partial charge on any atom is -0.457 e. The number of furan rings is 1. The van der Waals surface area contributed by atoms with Crippen LogP contribution in [-0.2, 0) is 9.59 Å². The largest absolute Gasteiger partial charge is 0.457 e. The standard InChI is InChI=1S/C22H14ClN3O6/c1-12-3-2-4-13(9-12)25-21(28)17(20(27)24-22(25)29)11-15-6-8-19(32-15)16-7-5-14(26(30)31)10-18(16)23/h2-11H,1H3,(H,24,27,29). The molecule has 1 aliphatic heterocycles. The average Bonchev–Trinajstić information content (AvgIpc) is 3.19. The van der Waals surface area contributed by atoms with Gasteiger partial charge in [0, 0.05) is 17.7 Å². The number of nitro groups is 1. The molecule has 2 heterocycles. The minimum absolute atomic E-state index is 0.107. The molecule has 0 aliphatic carbocycles. The number of urea groups is 1. The van der Waals surface area contributed by atoms with E-state index in [0.29, 0.717) is 11.3 Å². The predicted octanol–water partition coefficient (Wildman–Crippen LogP) is 4.48. The van der Waals surface area contributed by atoms with Crippen molar-refractivity contribution in [2.45, 2.75) is 6.92 Å². The van der Waals surface area contributed by atoms with Gasteiger partial charge in [-0.2, -0.15) is 0 Å². The second kappa shape index (κ2) is 8.12. The lowest BCUT2D eigenvalue weighted by Crippen LogP contribution is -2.54. The van der Waals surface area contributed by atoms with Crippen molar-refractivity contribution in [2.24, 2.45) is 0 Å². The molecule has 0 unspecified atom stereocenters. The van der Waals surface area contributed by atoms with E-state index in [-0.39, 0.29) is 27.8 Å². The Kier molecular flexibility index (Phi) is 5.33. The molecule has 4 rings (SSSR count). The molecular formula is C22H14ClN3O6. The van der Waals surface area contributed by atoms with Gasteiger partial charge in [-0.05, 0) is 48.9 Å². The smallest absolute Gasteiger partial charge is 0.335 e. The van der Waals surface area contributed by atoms with Crippen LogP contribution in [0.15, 0.2) is 64.6 Å². The molecule has 0 spiro atoms. The summed E-state index contributed by atoms with van der Waals surface area (Å²) in [4.78, 5) is 48.7. The number of halogens is 1. The van der Waals surface area contributed by atoms with Gasteiger partial charge in [-0.1, -0.05) is 23.7 Å². The summed E-state index contributed by atoms with van der Waals surface area (Å²) in [6.45, 7) is 1.81. The zero-order chi connectivity index (χ0) is 23.0. The number of barbiturate groups is 1. The first-order chi connectivity index (χ1) is 15.2. The number of imide groups is 2. The zero-order valence-electron chi connectivity index (χ0n) is 16.5. The zero-order valence-corrected chi connectivity index (χ0v) is 17.3. The summed E-state index contributed by atoms with van der Waals surface area (Å²) in [6.07, 6.45) is 1.22. The molecule has 3 aromatic rings. The first-order valence-corrected chi connectivity index (χ1v) is 9.64. The van der Waals surface area contributed by atoms with Gasteiger partial charge in [-0.3, -0.25) is 25.0 Å². The van der Waals surface area contributed by atoms with Gasteiger partial charge in [-0.25, -0.2) is 9.69 Å².